The average molecular weight is 285 g/mol. The van der Waals surface area contributed by atoms with Crippen molar-refractivity contribution >= 4 is 11.0 Å². The van der Waals surface area contributed by atoms with Crippen LogP contribution < -0.4 is 5.32 Å². The van der Waals surface area contributed by atoms with Crippen LogP contribution >= 0.6 is 0 Å². The minimum Gasteiger partial charge on any atom is -0.327 e. The monoisotopic (exact) mass is 285 g/mol. The summed E-state index contributed by atoms with van der Waals surface area (Å²) in [5, 5.41) is 3.65. The molecular weight excluding hydrogens is 258 g/mol. The van der Waals surface area contributed by atoms with Gasteiger partial charge in [0.2, 0.25) is 0 Å². The molecule has 1 N–H and O–H groups in total. The van der Waals surface area contributed by atoms with Crippen LogP contribution in [-0.2, 0) is 12.0 Å². The van der Waals surface area contributed by atoms with Crippen LogP contribution in [0.25, 0.3) is 11.0 Å². The molecule has 1 aromatic heterocycles. The molecule has 1 aliphatic heterocycles. The number of nitrogens with zero attached hydrogens (tertiary/aromatic N) is 2. The van der Waals surface area contributed by atoms with E-state index in [4.69, 9.17) is 4.98 Å². The van der Waals surface area contributed by atoms with Gasteiger partial charge in [-0.25, -0.2) is 4.98 Å². The number of nitrogens with one attached hydrogen (secondary N) is 1. The number of hydrogen-bond donors (Lipinski definition) is 1. The second-order valence-electron chi connectivity index (χ2n) is 7.26. The maximum atomic E-state index is 4.89. The van der Waals surface area contributed by atoms with Crippen molar-refractivity contribution in [3.8, 4) is 0 Å². The van der Waals surface area contributed by atoms with E-state index in [0.717, 1.165) is 12.1 Å². The summed E-state index contributed by atoms with van der Waals surface area (Å²) in [6, 6.07) is 9.19. The third kappa shape index (κ3) is 3.13. The molecule has 1 fully saturated rings. The highest BCUT2D eigenvalue weighted by Crippen LogP contribution is 2.27. The quantitative estimate of drug-likeness (QED) is 0.928. The zero-order valence-electron chi connectivity index (χ0n) is 13.5. The number of fused-ring (bicyclic) bond motifs is 1. The Bertz CT molecular complexity index is 600. The molecule has 21 heavy (non-hydrogen) atoms. The van der Waals surface area contributed by atoms with E-state index in [0.29, 0.717) is 6.04 Å². The first kappa shape index (κ1) is 14.6. The standard InChI is InChI=1S/C18H27N3/c1-18(2,3)17-20-15-9-4-5-10-16(15)21(17)13-11-14-8-6-7-12-19-14/h4-5,9-10,14,19H,6-8,11-13H2,1-3H3. The molecule has 1 aromatic carbocycles. The Morgan fingerprint density at radius 2 is 2.05 bits per heavy atom. The van der Waals surface area contributed by atoms with Crippen LogP contribution in [0, 0.1) is 0 Å². The predicted molar refractivity (Wildman–Crippen MR) is 88.7 cm³/mol. The van der Waals surface area contributed by atoms with Crippen LogP contribution in [0.1, 0.15) is 52.3 Å². The predicted octanol–water partition coefficient (Wildman–Crippen LogP) is 3.87. The van der Waals surface area contributed by atoms with E-state index < -0.39 is 0 Å². The lowest BCUT2D eigenvalue weighted by Crippen LogP contribution is -2.35. The van der Waals surface area contributed by atoms with E-state index >= 15 is 0 Å². The topological polar surface area (TPSA) is 29.9 Å². The van der Waals surface area contributed by atoms with Crippen LogP contribution in [0.5, 0.6) is 0 Å². The molecule has 114 valence electrons. The van der Waals surface area contributed by atoms with Gasteiger partial charge in [0.05, 0.1) is 11.0 Å². The molecule has 1 aliphatic rings. The van der Waals surface area contributed by atoms with Gasteiger partial charge in [-0.2, -0.15) is 0 Å². The Labute approximate surface area is 127 Å². The summed E-state index contributed by atoms with van der Waals surface area (Å²) in [4.78, 5) is 4.89. The first-order valence-corrected chi connectivity index (χ1v) is 8.25. The SMILES string of the molecule is CC(C)(C)c1nc2ccccc2n1CCC1CCCCN1. The average Bonchev–Trinajstić information content (AvgIpc) is 2.85. The number of piperidine rings is 1. The summed E-state index contributed by atoms with van der Waals surface area (Å²) < 4.78 is 2.44. The molecule has 3 rings (SSSR count). The molecule has 0 amide bonds. The third-order valence-electron chi connectivity index (χ3n) is 4.44. The Morgan fingerprint density at radius 1 is 1.24 bits per heavy atom. The lowest BCUT2D eigenvalue weighted by molar-refractivity contribution is 0.362. The molecule has 3 heteroatoms. The van der Waals surface area contributed by atoms with Gasteiger partial charge in [0.15, 0.2) is 0 Å². The number of hydrogen-bond acceptors (Lipinski definition) is 2. The largest absolute Gasteiger partial charge is 0.327 e. The van der Waals surface area contributed by atoms with Crippen molar-refractivity contribution in [2.45, 2.75) is 64.5 Å². The van der Waals surface area contributed by atoms with Crippen LogP contribution in [0.15, 0.2) is 24.3 Å². The minimum atomic E-state index is 0.0824. The molecule has 3 nitrogen and oxygen atoms in total. The fourth-order valence-electron chi connectivity index (χ4n) is 3.33. The Balaban J connectivity index is 1.88. The Hall–Kier alpha value is -1.35. The molecule has 2 aromatic rings. The summed E-state index contributed by atoms with van der Waals surface area (Å²) in [5.41, 5.74) is 2.48. The van der Waals surface area contributed by atoms with Crippen LogP contribution in [-0.4, -0.2) is 22.1 Å². The normalized spacial score (nSPS) is 20.0. The molecule has 0 radical (unpaired) electrons. The van der Waals surface area contributed by atoms with Crippen LogP contribution in [0.3, 0.4) is 0 Å². The third-order valence-corrected chi connectivity index (χ3v) is 4.44. The van der Waals surface area contributed by atoms with Gasteiger partial charge in [0.25, 0.3) is 0 Å². The summed E-state index contributed by atoms with van der Waals surface area (Å²) in [6.45, 7) is 9.00. The molecule has 1 unspecified atom stereocenters. The van der Waals surface area contributed by atoms with Crippen LogP contribution in [0.2, 0.25) is 0 Å². The lowest BCUT2D eigenvalue weighted by Gasteiger charge is -2.25. The number of aryl methyl sites for hydroxylation is 1. The van der Waals surface area contributed by atoms with Crippen molar-refractivity contribution in [3.63, 3.8) is 0 Å². The van der Waals surface area contributed by atoms with E-state index in [-0.39, 0.29) is 5.41 Å². The van der Waals surface area contributed by atoms with Crippen molar-refractivity contribution in [2.75, 3.05) is 6.54 Å². The van der Waals surface area contributed by atoms with Gasteiger partial charge in [0, 0.05) is 18.0 Å². The maximum Gasteiger partial charge on any atom is 0.115 e. The molecule has 2 heterocycles. The minimum absolute atomic E-state index is 0.0824. The molecule has 1 atom stereocenters. The first-order chi connectivity index (χ1) is 10.1. The van der Waals surface area contributed by atoms with Crippen LogP contribution in [0.4, 0.5) is 0 Å². The molecule has 0 saturated carbocycles. The zero-order chi connectivity index (χ0) is 14.9. The number of para-hydroxylation sites is 2. The number of rotatable bonds is 3. The van der Waals surface area contributed by atoms with E-state index in [2.05, 4.69) is 54.9 Å². The van der Waals surface area contributed by atoms with E-state index in [1.54, 1.807) is 0 Å². The van der Waals surface area contributed by atoms with Gasteiger partial charge in [-0.1, -0.05) is 39.3 Å². The van der Waals surface area contributed by atoms with Gasteiger partial charge in [-0.05, 0) is 37.9 Å². The van der Waals surface area contributed by atoms with Gasteiger partial charge in [-0.3, -0.25) is 0 Å². The number of benzene rings is 1. The molecule has 0 spiro atoms. The first-order valence-electron chi connectivity index (χ1n) is 8.25. The fourth-order valence-corrected chi connectivity index (χ4v) is 3.33. The lowest BCUT2D eigenvalue weighted by atomic mass is 9.95. The highest BCUT2D eigenvalue weighted by Gasteiger charge is 2.23. The summed E-state index contributed by atoms with van der Waals surface area (Å²) >= 11 is 0. The summed E-state index contributed by atoms with van der Waals surface area (Å²) in [6.07, 6.45) is 5.22. The van der Waals surface area contributed by atoms with Crippen molar-refractivity contribution in [2.24, 2.45) is 0 Å². The van der Waals surface area contributed by atoms with Crippen molar-refractivity contribution < 1.29 is 0 Å². The summed E-state index contributed by atoms with van der Waals surface area (Å²) in [7, 11) is 0. The van der Waals surface area contributed by atoms with E-state index in [1.807, 2.05) is 0 Å². The Morgan fingerprint density at radius 3 is 2.76 bits per heavy atom. The number of imidazole rings is 1. The smallest absolute Gasteiger partial charge is 0.115 e. The maximum absolute atomic E-state index is 4.89. The summed E-state index contributed by atoms with van der Waals surface area (Å²) in [5.74, 6) is 1.21. The molecule has 1 saturated heterocycles. The van der Waals surface area contributed by atoms with Gasteiger partial charge in [-0.15, -0.1) is 0 Å². The highest BCUT2D eigenvalue weighted by molar-refractivity contribution is 5.76. The van der Waals surface area contributed by atoms with E-state index in [9.17, 15) is 0 Å². The second kappa shape index (κ2) is 5.80. The number of aromatic nitrogens is 2. The van der Waals surface area contributed by atoms with Crippen molar-refractivity contribution in [1.29, 1.82) is 0 Å². The fraction of sp³-hybridized carbons (Fsp3) is 0.611. The second-order valence-corrected chi connectivity index (χ2v) is 7.26. The van der Waals surface area contributed by atoms with Crippen molar-refractivity contribution in [1.82, 2.24) is 14.9 Å². The molecule has 0 aliphatic carbocycles. The highest BCUT2D eigenvalue weighted by atomic mass is 15.1. The van der Waals surface area contributed by atoms with Gasteiger partial charge >= 0.3 is 0 Å². The van der Waals surface area contributed by atoms with Gasteiger partial charge < -0.3 is 9.88 Å². The molecule has 0 bridgehead atoms. The Kier molecular flexibility index (Phi) is 4.03. The van der Waals surface area contributed by atoms with Gasteiger partial charge in [0.1, 0.15) is 5.82 Å². The van der Waals surface area contributed by atoms with Crippen molar-refractivity contribution in [3.05, 3.63) is 30.1 Å². The molecular formula is C18H27N3. The van der Waals surface area contributed by atoms with E-state index in [1.165, 1.54) is 43.6 Å². The zero-order valence-corrected chi connectivity index (χ0v) is 13.5.